The Morgan fingerprint density at radius 2 is 1.89 bits per heavy atom. The fraction of sp³-hybridized carbons (Fsp3) is 0.591. The molecule has 2 rings (SSSR count). The Balaban J connectivity index is 1.87. The van der Waals surface area contributed by atoms with E-state index in [0.29, 0.717) is 32.4 Å². The van der Waals surface area contributed by atoms with Crippen molar-refractivity contribution in [3.05, 3.63) is 35.4 Å². The Bertz CT molecular complexity index is 685. The molecule has 0 saturated heterocycles. The number of carboxylic acid groups (broad SMARTS) is 1. The molecule has 2 atom stereocenters. The van der Waals surface area contributed by atoms with Gasteiger partial charge in [0.15, 0.2) is 0 Å². The van der Waals surface area contributed by atoms with Crippen LogP contribution >= 0.6 is 0 Å². The molecule has 28 heavy (non-hydrogen) atoms. The van der Waals surface area contributed by atoms with E-state index in [2.05, 4.69) is 17.4 Å². The number of aliphatic carboxylic acids is 1. The number of hydrogen-bond acceptors (Lipinski definition) is 3. The van der Waals surface area contributed by atoms with Crippen LogP contribution in [0, 0.1) is 0 Å². The molecule has 154 valence electrons. The van der Waals surface area contributed by atoms with E-state index >= 15 is 0 Å². The van der Waals surface area contributed by atoms with E-state index in [1.165, 1.54) is 11.1 Å². The Labute approximate surface area is 167 Å². The van der Waals surface area contributed by atoms with Crippen LogP contribution in [-0.2, 0) is 20.8 Å². The standard InChI is InChI=1S/C22H32N2O4/c1-3-24(4-2)21(26)14-8-13-20(25)23-19(22(27)28)15-17-11-7-10-16-9-5-6-12-18(16)17/h5-6,9,12,17,19H,3-4,7-8,10-11,13-15H2,1-2H3,(H,23,25)(H,27,28). The van der Waals surface area contributed by atoms with Crippen molar-refractivity contribution in [2.24, 2.45) is 0 Å². The summed E-state index contributed by atoms with van der Waals surface area (Å²) in [5.74, 6) is -1.12. The summed E-state index contributed by atoms with van der Waals surface area (Å²) in [4.78, 5) is 37.7. The molecule has 1 aliphatic carbocycles. The zero-order valence-electron chi connectivity index (χ0n) is 16.9. The summed E-state index contributed by atoms with van der Waals surface area (Å²) in [6.45, 7) is 5.17. The number of carbonyl (C=O) groups is 3. The van der Waals surface area contributed by atoms with E-state index < -0.39 is 12.0 Å². The van der Waals surface area contributed by atoms with Gasteiger partial charge < -0.3 is 15.3 Å². The third-order valence-electron chi connectivity index (χ3n) is 5.56. The summed E-state index contributed by atoms with van der Waals surface area (Å²) < 4.78 is 0. The van der Waals surface area contributed by atoms with Crippen LogP contribution in [-0.4, -0.2) is 46.9 Å². The van der Waals surface area contributed by atoms with Gasteiger partial charge in [0.1, 0.15) is 6.04 Å². The van der Waals surface area contributed by atoms with Crippen LogP contribution in [0.1, 0.15) is 69.4 Å². The van der Waals surface area contributed by atoms with Crippen molar-refractivity contribution in [1.29, 1.82) is 0 Å². The first-order valence-electron chi connectivity index (χ1n) is 10.3. The second kappa shape index (κ2) is 10.8. The first kappa shape index (κ1) is 21.9. The molecule has 1 aliphatic rings. The van der Waals surface area contributed by atoms with Gasteiger partial charge in [-0.15, -0.1) is 0 Å². The van der Waals surface area contributed by atoms with Gasteiger partial charge >= 0.3 is 5.97 Å². The molecular weight excluding hydrogens is 356 g/mol. The van der Waals surface area contributed by atoms with Crippen LogP contribution in [0.15, 0.2) is 24.3 Å². The number of rotatable bonds is 10. The molecule has 2 amide bonds. The van der Waals surface area contributed by atoms with Gasteiger partial charge in [-0.25, -0.2) is 4.79 Å². The fourth-order valence-electron chi connectivity index (χ4n) is 4.01. The molecule has 6 nitrogen and oxygen atoms in total. The fourth-order valence-corrected chi connectivity index (χ4v) is 4.01. The maximum Gasteiger partial charge on any atom is 0.326 e. The van der Waals surface area contributed by atoms with Crippen molar-refractivity contribution in [1.82, 2.24) is 10.2 Å². The van der Waals surface area contributed by atoms with E-state index in [4.69, 9.17) is 0 Å². The lowest BCUT2D eigenvalue weighted by Gasteiger charge is -2.28. The van der Waals surface area contributed by atoms with E-state index in [1.807, 2.05) is 26.0 Å². The van der Waals surface area contributed by atoms with Crippen LogP contribution in [0.25, 0.3) is 0 Å². The molecule has 6 heteroatoms. The number of nitrogens with one attached hydrogen (secondary N) is 1. The highest BCUT2D eigenvalue weighted by Gasteiger charge is 2.28. The average Bonchev–Trinajstić information content (AvgIpc) is 2.68. The van der Waals surface area contributed by atoms with Gasteiger partial charge in [0, 0.05) is 25.9 Å². The quantitative estimate of drug-likeness (QED) is 0.645. The van der Waals surface area contributed by atoms with E-state index in [0.717, 1.165) is 19.3 Å². The maximum atomic E-state index is 12.2. The van der Waals surface area contributed by atoms with Crippen molar-refractivity contribution in [2.75, 3.05) is 13.1 Å². The number of carbonyl (C=O) groups excluding carboxylic acids is 2. The third kappa shape index (κ3) is 6.08. The third-order valence-corrected chi connectivity index (χ3v) is 5.56. The SMILES string of the molecule is CCN(CC)C(=O)CCCC(=O)NC(CC1CCCc2ccccc21)C(=O)O. The summed E-state index contributed by atoms with van der Waals surface area (Å²) in [5, 5.41) is 12.2. The highest BCUT2D eigenvalue weighted by atomic mass is 16.4. The number of benzene rings is 1. The second-order valence-electron chi connectivity index (χ2n) is 7.40. The molecule has 0 radical (unpaired) electrons. The normalized spacial score (nSPS) is 16.7. The molecule has 2 unspecified atom stereocenters. The number of amides is 2. The molecule has 0 heterocycles. The van der Waals surface area contributed by atoms with Crippen molar-refractivity contribution in [3.63, 3.8) is 0 Å². The van der Waals surface area contributed by atoms with Gasteiger partial charge in [0.2, 0.25) is 11.8 Å². The Morgan fingerprint density at radius 1 is 1.18 bits per heavy atom. The highest BCUT2D eigenvalue weighted by molar-refractivity contribution is 5.84. The number of fused-ring (bicyclic) bond motifs is 1. The minimum Gasteiger partial charge on any atom is -0.480 e. The lowest BCUT2D eigenvalue weighted by atomic mass is 9.79. The van der Waals surface area contributed by atoms with Crippen LogP contribution in [0.5, 0.6) is 0 Å². The molecule has 1 aromatic rings. The topological polar surface area (TPSA) is 86.7 Å². The molecular formula is C22H32N2O4. The molecule has 2 N–H and O–H groups in total. The molecule has 0 aromatic heterocycles. The Morgan fingerprint density at radius 3 is 2.57 bits per heavy atom. The molecule has 0 fully saturated rings. The van der Waals surface area contributed by atoms with Crippen LogP contribution in [0.2, 0.25) is 0 Å². The summed E-state index contributed by atoms with van der Waals surface area (Å²) in [5.41, 5.74) is 2.49. The van der Waals surface area contributed by atoms with E-state index in [9.17, 15) is 19.5 Å². The summed E-state index contributed by atoms with van der Waals surface area (Å²) in [6.07, 6.45) is 4.30. The van der Waals surface area contributed by atoms with Gasteiger partial charge in [0.25, 0.3) is 0 Å². The van der Waals surface area contributed by atoms with Gasteiger partial charge in [-0.3, -0.25) is 9.59 Å². The molecule has 1 aromatic carbocycles. The number of nitrogens with zero attached hydrogens (tertiary/aromatic N) is 1. The largest absolute Gasteiger partial charge is 0.480 e. The highest BCUT2D eigenvalue weighted by Crippen LogP contribution is 2.34. The molecule has 0 aliphatic heterocycles. The monoisotopic (exact) mass is 388 g/mol. The van der Waals surface area contributed by atoms with Gasteiger partial charge in [-0.1, -0.05) is 24.3 Å². The van der Waals surface area contributed by atoms with Crippen LogP contribution < -0.4 is 5.32 Å². The molecule has 0 bridgehead atoms. The lowest BCUT2D eigenvalue weighted by Crippen LogP contribution is -2.42. The lowest BCUT2D eigenvalue weighted by molar-refractivity contribution is -0.142. The smallest absolute Gasteiger partial charge is 0.326 e. The first-order chi connectivity index (χ1) is 13.5. The predicted molar refractivity (Wildman–Crippen MR) is 108 cm³/mol. The minimum absolute atomic E-state index is 0.0337. The maximum absolute atomic E-state index is 12.2. The zero-order chi connectivity index (χ0) is 20.5. The second-order valence-corrected chi connectivity index (χ2v) is 7.40. The van der Waals surface area contributed by atoms with Crippen molar-refractivity contribution >= 4 is 17.8 Å². The number of carboxylic acids is 1. The number of hydrogen-bond donors (Lipinski definition) is 2. The van der Waals surface area contributed by atoms with Crippen LogP contribution in [0.4, 0.5) is 0 Å². The summed E-state index contributed by atoms with van der Waals surface area (Å²) >= 11 is 0. The van der Waals surface area contributed by atoms with Gasteiger partial charge in [-0.2, -0.15) is 0 Å². The first-order valence-corrected chi connectivity index (χ1v) is 10.3. The van der Waals surface area contributed by atoms with Gasteiger partial charge in [0.05, 0.1) is 0 Å². The van der Waals surface area contributed by atoms with Crippen molar-refractivity contribution in [3.8, 4) is 0 Å². The van der Waals surface area contributed by atoms with E-state index in [-0.39, 0.29) is 24.2 Å². The average molecular weight is 389 g/mol. The summed E-state index contributed by atoms with van der Waals surface area (Å²) in [6, 6.07) is 7.26. The van der Waals surface area contributed by atoms with Crippen molar-refractivity contribution < 1.29 is 19.5 Å². The summed E-state index contributed by atoms with van der Waals surface area (Å²) in [7, 11) is 0. The molecule has 0 spiro atoms. The Kier molecular flexibility index (Phi) is 8.48. The van der Waals surface area contributed by atoms with Gasteiger partial charge in [-0.05, 0) is 63.0 Å². The van der Waals surface area contributed by atoms with E-state index in [1.54, 1.807) is 4.90 Å². The van der Waals surface area contributed by atoms with Crippen molar-refractivity contribution in [2.45, 2.75) is 70.8 Å². The zero-order valence-corrected chi connectivity index (χ0v) is 16.9. The predicted octanol–water partition coefficient (Wildman–Crippen LogP) is 3.10. The molecule has 0 saturated carbocycles. The van der Waals surface area contributed by atoms with Crippen LogP contribution in [0.3, 0.4) is 0 Å². The Hall–Kier alpha value is -2.37. The minimum atomic E-state index is -1.00. The number of aryl methyl sites for hydroxylation is 1.